The molecule has 0 spiro atoms. The fourth-order valence-electron chi connectivity index (χ4n) is 2.57. The summed E-state index contributed by atoms with van der Waals surface area (Å²) in [6.45, 7) is -0.523. The first-order valence-corrected chi connectivity index (χ1v) is 8.04. The molecule has 1 unspecified atom stereocenters. The van der Waals surface area contributed by atoms with Crippen molar-refractivity contribution in [1.29, 1.82) is 0 Å². The number of rotatable bonds is 4. The Balaban J connectivity index is 1.67. The number of ether oxygens (including phenoxy) is 2. The number of allylic oxidation sites excluding steroid dienone is 4. The standard InChI is InChI=1S/C18H19NO7/c20-9-14-15(22)16(23)17(24)18(26-14)25-13-7-3-11(4-8-13)19-10-1-5-12(21)6-2-10/h1-8,14-18,20,22-24H,9H2/t14-,15+,16+,17-,18?/m1/s1. The lowest BCUT2D eigenvalue weighted by Gasteiger charge is -2.39. The minimum Gasteiger partial charge on any atom is -0.462 e. The van der Waals surface area contributed by atoms with E-state index in [9.17, 15) is 25.2 Å². The predicted octanol–water partition coefficient (Wildman–Crippen LogP) is -0.367. The zero-order valence-electron chi connectivity index (χ0n) is 13.7. The van der Waals surface area contributed by atoms with Crippen LogP contribution in [0.5, 0.6) is 5.75 Å². The van der Waals surface area contributed by atoms with Crippen LogP contribution in [-0.4, -0.2) is 69.2 Å². The molecule has 0 bridgehead atoms. The Morgan fingerprint density at radius 3 is 2.23 bits per heavy atom. The molecule has 0 saturated carbocycles. The number of aliphatic imine (C=N–C) groups is 1. The van der Waals surface area contributed by atoms with Crippen LogP contribution in [0.25, 0.3) is 0 Å². The summed E-state index contributed by atoms with van der Waals surface area (Å²) in [6.07, 6.45) is -0.593. The SMILES string of the molecule is O=C1C=CC(=Nc2ccc(OC3O[C@H](CO)[C@H](O)[C@H](O)[C@H]3O)cc2)C=C1. The van der Waals surface area contributed by atoms with Crippen molar-refractivity contribution in [2.45, 2.75) is 30.7 Å². The van der Waals surface area contributed by atoms with E-state index in [2.05, 4.69) is 4.99 Å². The molecule has 3 rings (SSSR count). The Labute approximate surface area is 149 Å². The van der Waals surface area contributed by atoms with Gasteiger partial charge in [0.15, 0.2) is 5.78 Å². The normalized spacial score (nSPS) is 31.2. The first kappa shape index (κ1) is 18.4. The average molecular weight is 361 g/mol. The number of aliphatic hydroxyl groups is 4. The van der Waals surface area contributed by atoms with Crippen molar-refractivity contribution < 1.29 is 34.7 Å². The highest BCUT2D eigenvalue weighted by atomic mass is 16.7. The first-order valence-electron chi connectivity index (χ1n) is 8.04. The Morgan fingerprint density at radius 2 is 1.62 bits per heavy atom. The molecule has 4 N–H and O–H groups in total. The van der Waals surface area contributed by atoms with Crippen LogP contribution in [0.15, 0.2) is 53.6 Å². The third-order valence-corrected chi connectivity index (χ3v) is 4.03. The number of carbonyl (C=O) groups excluding carboxylic acids is 1. The maximum absolute atomic E-state index is 11.1. The molecule has 2 aliphatic rings. The molecule has 138 valence electrons. The second kappa shape index (κ2) is 7.90. The van der Waals surface area contributed by atoms with Crippen molar-refractivity contribution in [3.05, 3.63) is 48.6 Å². The van der Waals surface area contributed by atoms with Gasteiger partial charge in [0, 0.05) is 0 Å². The maximum Gasteiger partial charge on any atom is 0.229 e. The lowest BCUT2D eigenvalue weighted by Crippen LogP contribution is -2.60. The van der Waals surface area contributed by atoms with Gasteiger partial charge in [-0.25, -0.2) is 4.99 Å². The minimum atomic E-state index is -1.50. The molecule has 8 nitrogen and oxygen atoms in total. The van der Waals surface area contributed by atoms with Crippen molar-refractivity contribution >= 4 is 17.2 Å². The molecule has 26 heavy (non-hydrogen) atoms. The van der Waals surface area contributed by atoms with Gasteiger partial charge in [-0.15, -0.1) is 0 Å². The van der Waals surface area contributed by atoms with E-state index in [0.717, 1.165) is 0 Å². The van der Waals surface area contributed by atoms with Crippen molar-refractivity contribution in [2.75, 3.05) is 6.61 Å². The lowest BCUT2D eigenvalue weighted by atomic mass is 9.99. The van der Waals surface area contributed by atoms with Crippen molar-refractivity contribution in [1.82, 2.24) is 0 Å². The van der Waals surface area contributed by atoms with Crippen LogP contribution in [0.2, 0.25) is 0 Å². The minimum absolute atomic E-state index is 0.0905. The molecule has 8 heteroatoms. The molecule has 1 aromatic carbocycles. The van der Waals surface area contributed by atoms with Gasteiger partial charge in [0.05, 0.1) is 18.0 Å². The molecular weight excluding hydrogens is 342 g/mol. The van der Waals surface area contributed by atoms with E-state index >= 15 is 0 Å². The third kappa shape index (κ3) is 4.06. The summed E-state index contributed by atoms with van der Waals surface area (Å²) in [7, 11) is 0. The van der Waals surface area contributed by atoms with Crippen LogP contribution in [-0.2, 0) is 9.53 Å². The van der Waals surface area contributed by atoms with E-state index < -0.39 is 37.3 Å². The quantitative estimate of drug-likeness (QED) is 0.539. The number of aliphatic hydroxyl groups excluding tert-OH is 4. The summed E-state index contributed by atoms with van der Waals surface area (Å²) in [5.74, 6) is 0.260. The zero-order chi connectivity index (χ0) is 18.7. The van der Waals surface area contributed by atoms with Gasteiger partial charge in [-0.2, -0.15) is 0 Å². The monoisotopic (exact) mass is 361 g/mol. The number of benzene rings is 1. The van der Waals surface area contributed by atoms with Crippen LogP contribution in [0.3, 0.4) is 0 Å². The molecule has 5 atom stereocenters. The topological polar surface area (TPSA) is 129 Å². The highest BCUT2D eigenvalue weighted by Crippen LogP contribution is 2.26. The summed E-state index contributed by atoms with van der Waals surface area (Å²) < 4.78 is 10.8. The molecule has 0 aromatic heterocycles. The van der Waals surface area contributed by atoms with E-state index in [1.807, 2.05) is 0 Å². The van der Waals surface area contributed by atoms with Gasteiger partial charge < -0.3 is 29.9 Å². The Bertz CT molecular complexity index is 720. The summed E-state index contributed by atoms with van der Waals surface area (Å²) in [5.41, 5.74) is 1.26. The first-order chi connectivity index (χ1) is 12.5. The number of nitrogens with zero attached hydrogens (tertiary/aromatic N) is 1. The third-order valence-electron chi connectivity index (χ3n) is 4.03. The van der Waals surface area contributed by atoms with Gasteiger partial charge >= 0.3 is 0 Å². The van der Waals surface area contributed by atoms with Gasteiger partial charge in [-0.05, 0) is 48.6 Å². The second-order valence-electron chi connectivity index (χ2n) is 5.91. The van der Waals surface area contributed by atoms with Crippen LogP contribution in [0, 0.1) is 0 Å². The van der Waals surface area contributed by atoms with E-state index in [1.54, 1.807) is 36.4 Å². The highest BCUT2D eigenvalue weighted by Gasteiger charge is 2.44. The predicted molar refractivity (Wildman–Crippen MR) is 91.2 cm³/mol. The molecule has 1 aliphatic heterocycles. The summed E-state index contributed by atoms with van der Waals surface area (Å²) >= 11 is 0. The summed E-state index contributed by atoms with van der Waals surface area (Å²) in [4.78, 5) is 15.4. The second-order valence-corrected chi connectivity index (χ2v) is 5.91. The van der Waals surface area contributed by atoms with Gasteiger partial charge in [-0.1, -0.05) is 0 Å². The van der Waals surface area contributed by atoms with Gasteiger partial charge in [0.2, 0.25) is 6.29 Å². The molecule has 1 saturated heterocycles. The summed E-state index contributed by atoms with van der Waals surface area (Å²) in [5, 5.41) is 38.7. The van der Waals surface area contributed by atoms with Gasteiger partial charge in [0.1, 0.15) is 30.2 Å². The lowest BCUT2D eigenvalue weighted by molar-refractivity contribution is -0.277. The van der Waals surface area contributed by atoms with Crippen LogP contribution >= 0.6 is 0 Å². The average Bonchev–Trinajstić information content (AvgIpc) is 2.65. The zero-order valence-corrected chi connectivity index (χ0v) is 13.7. The van der Waals surface area contributed by atoms with Crippen LogP contribution in [0.4, 0.5) is 5.69 Å². The number of ketones is 1. The Hall–Kier alpha value is -2.36. The molecular formula is C18H19NO7. The van der Waals surface area contributed by atoms with Crippen LogP contribution in [0.1, 0.15) is 0 Å². The van der Waals surface area contributed by atoms with E-state index in [0.29, 0.717) is 17.1 Å². The molecule has 1 fully saturated rings. The van der Waals surface area contributed by atoms with Crippen molar-refractivity contribution in [3.8, 4) is 5.75 Å². The van der Waals surface area contributed by atoms with Gasteiger partial charge in [-0.3, -0.25) is 4.79 Å². The fourth-order valence-corrected chi connectivity index (χ4v) is 2.57. The molecule has 0 amide bonds. The largest absolute Gasteiger partial charge is 0.462 e. The van der Waals surface area contributed by atoms with Gasteiger partial charge in [0.25, 0.3) is 0 Å². The Kier molecular flexibility index (Phi) is 5.60. The fraction of sp³-hybridized carbons (Fsp3) is 0.333. The highest BCUT2D eigenvalue weighted by molar-refractivity contribution is 6.17. The molecule has 1 aromatic rings. The van der Waals surface area contributed by atoms with E-state index in [-0.39, 0.29) is 5.78 Å². The number of carbonyl (C=O) groups is 1. The number of hydrogen-bond donors (Lipinski definition) is 4. The number of hydrogen-bond acceptors (Lipinski definition) is 8. The smallest absolute Gasteiger partial charge is 0.229 e. The molecule has 1 aliphatic carbocycles. The van der Waals surface area contributed by atoms with E-state index in [1.165, 1.54) is 12.2 Å². The Morgan fingerprint density at radius 1 is 0.962 bits per heavy atom. The summed E-state index contributed by atoms with van der Waals surface area (Å²) in [6, 6.07) is 6.54. The van der Waals surface area contributed by atoms with Crippen LogP contribution < -0.4 is 4.74 Å². The molecule has 0 radical (unpaired) electrons. The van der Waals surface area contributed by atoms with Crippen molar-refractivity contribution in [3.63, 3.8) is 0 Å². The van der Waals surface area contributed by atoms with E-state index in [4.69, 9.17) is 9.47 Å². The molecule has 1 heterocycles. The maximum atomic E-state index is 11.1. The van der Waals surface area contributed by atoms with Crippen molar-refractivity contribution in [2.24, 2.45) is 4.99 Å².